The van der Waals surface area contributed by atoms with E-state index in [1.54, 1.807) is 7.11 Å². The average Bonchev–Trinajstić information content (AvgIpc) is 2.39. The Hall–Kier alpha value is -0.900. The number of aliphatic hydroxyl groups excluding tert-OH is 1. The molecule has 3 heteroatoms. The van der Waals surface area contributed by atoms with Crippen LogP contribution in [0.15, 0.2) is 30.3 Å². The van der Waals surface area contributed by atoms with Crippen LogP contribution in [0.1, 0.15) is 31.7 Å². The molecular weight excluding hydrogens is 238 g/mol. The lowest BCUT2D eigenvalue weighted by molar-refractivity contribution is 0.0322. The van der Waals surface area contributed by atoms with Gasteiger partial charge in [0.15, 0.2) is 0 Å². The Labute approximate surface area is 116 Å². The van der Waals surface area contributed by atoms with Crippen LogP contribution in [0, 0.1) is 5.41 Å². The predicted molar refractivity (Wildman–Crippen MR) is 77.3 cm³/mol. The first-order valence-electron chi connectivity index (χ1n) is 7.01. The van der Waals surface area contributed by atoms with E-state index in [-0.39, 0.29) is 5.41 Å². The molecule has 0 saturated heterocycles. The fourth-order valence-electron chi connectivity index (χ4n) is 3.05. The van der Waals surface area contributed by atoms with Gasteiger partial charge in [0.25, 0.3) is 0 Å². The van der Waals surface area contributed by atoms with Crippen LogP contribution in [-0.2, 0) is 4.74 Å². The molecule has 0 radical (unpaired) electrons. The van der Waals surface area contributed by atoms with Gasteiger partial charge in [0.2, 0.25) is 0 Å². The normalized spacial score (nSPS) is 26.7. The second-order valence-corrected chi connectivity index (χ2v) is 6.09. The Bertz CT molecular complexity index is 391. The second-order valence-electron chi connectivity index (χ2n) is 6.09. The molecule has 0 aromatic heterocycles. The number of nitrogens with one attached hydrogen (secondary N) is 1. The van der Waals surface area contributed by atoms with Crippen molar-refractivity contribution in [3.63, 3.8) is 0 Å². The Morgan fingerprint density at radius 1 is 1.37 bits per heavy atom. The van der Waals surface area contributed by atoms with Crippen LogP contribution in [0.4, 0.5) is 0 Å². The fourth-order valence-corrected chi connectivity index (χ4v) is 3.05. The number of hydrogen-bond donors (Lipinski definition) is 2. The highest BCUT2D eigenvalue weighted by molar-refractivity contribution is 5.27. The minimum atomic E-state index is -0.420. The molecule has 0 spiro atoms. The van der Waals surface area contributed by atoms with Crippen LogP contribution in [0.3, 0.4) is 0 Å². The van der Waals surface area contributed by atoms with Crippen molar-refractivity contribution in [2.24, 2.45) is 5.41 Å². The van der Waals surface area contributed by atoms with Crippen molar-refractivity contribution in [2.75, 3.05) is 20.3 Å². The third kappa shape index (κ3) is 3.16. The predicted octanol–water partition coefficient (Wildman–Crippen LogP) is 2.17. The van der Waals surface area contributed by atoms with Gasteiger partial charge in [-0.3, -0.25) is 0 Å². The standard InChI is InChI=1S/C16H25NO2/c1-16(2)14(12-7-5-4-6-8-12)9-15(16)17-10-13(18)11-19-3/h4-8,13-15,17-18H,9-11H2,1-3H3/t13-,14-,15+/m1/s1. The number of ether oxygens (including phenoxy) is 1. The Balaban J connectivity index is 1.87. The first-order valence-corrected chi connectivity index (χ1v) is 7.01. The van der Waals surface area contributed by atoms with Gasteiger partial charge < -0.3 is 15.2 Å². The van der Waals surface area contributed by atoms with Crippen molar-refractivity contribution in [3.8, 4) is 0 Å². The molecule has 1 saturated carbocycles. The zero-order valence-electron chi connectivity index (χ0n) is 12.1. The van der Waals surface area contributed by atoms with Gasteiger partial charge >= 0.3 is 0 Å². The van der Waals surface area contributed by atoms with Gasteiger partial charge in [-0.2, -0.15) is 0 Å². The van der Waals surface area contributed by atoms with Crippen molar-refractivity contribution >= 4 is 0 Å². The van der Waals surface area contributed by atoms with E-state index in [0.717, 1.165) is 6.42 Å². The van der Waals surface area contributed by atoms with Crippen LogP contribution >= 0.6 is 0 Å². The minimum absolute atomic E-state index is 0.230. The smallest absolute Gasteiger partial charge is 0.0897 e. The van der Waals surface area contributed by atoms with Gasteiger partial charge in [0.05, 0.1) is 12.7 Å². The van der Waals surface area contributed by atoms with Crippen LogP contribution in [0.5, 0.6) is 0 Å². The highest BCUT2D eigenvalue weighted by Gasteiger charge is 2.48. The van der Waals surface area contributed by atoms with E-state index in [2.05, 4.69) is 49.5 Å². The fraction of sp³-hybridized carbons (Fsp3) is 0.625. The summed E-state index contributed by atoms with van der Waals surface area (Å²) in [5.41, 5.74) is 1.65. The lowest BCUT2D eigenvalue weighted by Crippen LogP contribution is -2.56. The maximum atomic E-state index is 9.68. The summed E-state index contributed by atoms with van der Waals surface area (Å²) in [5, 5.41) is 13.1. The van der Waals surface area contributed by atoms with Crippen molar-refractivity contribution in [2.45, 2.75) is 38.3 Å². The first kappa shape index (κ1) is 14.5. The van der Waals surface area contributed by atoms with Crippen LogP contribution in [-0.4, -0.2) is 37.5 Å². The molecule has 106 valence electrons. The zero-order valence-corrected chi connectivity index (χ0v) is 12.1. The van der Waals surface area contributed by atoms with E-state index in [1.165, 1.54) is 5.56 Å². The molecule has 3 atom stereocenters. The Morgan fingerprint density at radius 3 is 2.63 bits per heavy atom. The molecule has 0 unspecified atom stereocenters. The molecule has 0 amide bonds. The molecule has 1 aromatic carbocycles. The Morgan fingerprint density at radius 2 is 2.05 bits per heavy atom. The second kappa shape index (κ2) is 6.04. The molecule has 2 N–H and O–H groups in total. The van der Waals surface area contributed by atoms with Gasteiger partial charge in [-0.25, -0.2) is 0 Å². The minimum Gasteiger partial charge on any atom is -0.389 e. The summed E-state index contributed by atoms with van der Waals surface area (Å²) in [6.07, 6.45) is 0.716. The third-order valence-corrected chi connectivity index (χ3v) is 4.43. The highest BCUT2D eigenvalue weighted by atomic mass is 16.5. The molecule has 3 nitrogen and oxygen atoms in total. The van der Waals surface area contributed by atoms with Crippen molar-refractivity contribution in [1.82, 2.24) is 5.32 Å². The summed E-state index contributed by atoms with van der Waals surface area (Å²) in [6, 6.07) is 11.2. The van der Waals surface area contributed by atoms with E-state index in [9.17, 15) is 5.11 Å². The molecule has 0 heterocycles. The van der Waals surface area contributed by atoms with Crippen LogP contribution in [0.25, 0.3) is 0 Å². The van der Waals surface area contributed by atoms with Gasteiger partial charge in [-0.1, -0.05) is 44.2 Å². The molecule has 1 aliphatic rings. The summed E-state index contributed by atoms with van der Waals surface area (Å²) < 4.78 is 4.94. The summed E-state index contributed by atoms with van der Waals surface area (Å²) in [7, 11) is 1.61. The summed E-state index contributed by atoms with van der Waals surface area (Å²) >= 11 is 0. The molecule has 1 aromatic rings. The number of hydrogen-bond acceptors (Lipinski definition) is 3. The third-order valence-electron chi connectivity index (χ3n) is 4.43. The molecular formula is C16H25NO2. The maximum absolute atomic E-state index is 9.68. The number of rotatable bonds is 6. The SMILES string of the molecule is COC[C@H](O)CN[C@H]1C[C@H](c2ccccc2)C1(C)C. The van der Waals surface area contributed by atoms with Gasteiger partial charge in [-0.15, -0.1) is 0 Å². The van der Waals surface area contributed by atoms with E-state index < -0.39 is 6.10 Å². The van der Waals surface area contributed by atoms with E-state index in [0.29, 0.717) is 25.1 Å². The van der Waals surface area contributed by atoms with E-state index in [4.69, 9.17) is 4.74 Å². The summed E-state index contributed by atoms with van der Waals surface area (Å²) in [4.78, 5) is 0. The quantitative estimate of drug-likeness (QED) is 0.826. The van der Waals surface area contributed by atoms with E-state index in [1.807, 2.05) is 0 Å². The lowest BCUT2D eigenvalue weighted by Gasteiger charge is -2.53. The van der Waals surface area contributed by atoms with Gasteiger partial charge in [0.1, 0.15) is 0 Å². The van der Waals surface area contributed by atoms with Gasteiger partial charge in [0, 0.05) is 19.7 Å². The molecule has 0 aliphatic heterocycles. The van der Waals surface area contributed by atoms with Crippen LogP contribution in [0.2, 0.25) is 0 Å². The number of aliphatic hydroxyl groups is 1. The molecule has 1 aliphatic carbocycles. The monoisotopic (exact) mass is 263 g/mol. The van der Waals surface area contributed by atoms with Crippen LogP contribution < -0.4 is 5.32 Å². The first-order chi connectivity index (χ1) is 9.05. The lowest BCUT2D eigenvalue weighted by atomic mass is 9.56. The van der Waals surface area contributed by atoms with Crippen molar-refractivity contribution in [1.29, 1.82) is 0 Å². The highest BCUT2D eigenvalue weighted by Crippen LogP contribution is 2.52. The van der Waals surface area contributed by atoms with Crippen molar-refractivity contribution in [3.05, 3.63) is 35.9 Å². The number of benzene rings is 1. The molecule has 0 bridgehead atoms. The molecule has 1 fully saturated rings. The summed E-state index contributed by atoms with van der Waals surface area (Å²) in [6.45, 7) is 5.59. The van der Waals surface area contributed by atoms with Gasteiger partial charge in [-0.05, 0) is 23.3 Å². The van der Waals surface area contributed by atoms with E-state index >= 15 is 0 Å². The number of methoxy groups -OCH3 is 1. The van der Waals surface area contributed by atoms with Crippen molar-refractivity contribution < 1.29 is 9.84 Å². The average molecular weight is 263 g/mol. The topological polar surface area (TPSA) is 41.5 Å². The Kier molecular flexibility index (Phi) is 4.61. The summed E-state index contributed by atoms with van der Waals surface area (Å²) in [5.74, 6) is 0.603. The largest absolute Gasteiger partial charge is 0.389 e. The zero-order chi connectivity index (χ0) is 13.9. The molecule has 2 rings (SSSR count). The maximum Gasteiger partial charge on any atom is 0.0897 e. The molecule has 19 heavy (non-hydrogen) atoms.